The molecule has 0 radical (unpaired) electrons. The van der Waals surface area contributed by atoms with Crippen molar-refractivity contribution in [3.05, 3.63) is 16.7 Å². The van der Waals surface area contributed by atoms with Crippen molar-refractivity contribution in [1.82, 2.24) is 14.6 Å². The largest absolute Gasteiger partial charge is 0.480 e. The minimum atomic E-state index is 0.467. The maximum absolute atomic E-state index is 5.70. The van der Waals surface area contributed by atoms with Gasteiger partial charge in [0.1, 0.15) is 0 Å². The molecular weight excluding hydrogens is 236 g/mol. The first-order valence-electron chi connectivity index (χ1n) is 3.57. The molecule has 2 heterocycles. The molecule has 68 valence electrons. The molecule has 13 heavy (non-hydrogen) atoms. The van der Waals surface area contributed by atoms with Gasteiger partial charge in [-0.05, 0) is 22.0 Å². The van der Waals surface area contributed by atoms with E-state index in [2.05, 4.69) is 26.0 Å². The van der Waals surface area contributed by atoms with Gasteiger partial charge in [-0.3, -0.25) is 0 Å². The van der Waals surface area contributed by atoms with E-state index in [4.69, 9.17) is 10.5 Å². The van der Waals surface area contributed by atoms with Crippen molar-refractivity contribution in [3.63, 3.8) is 0 Å². The van der Waals surface area contributed by atoms with Crippen molar-refractivity contribution in [1.29, 1.82) is 0 Å². The van der Waals surface area contributed by atoms with Gasteiger partial charge in [-0.15, -0.1) is 5.10 Å². The van der Waals surface area contributed by atoms with E-state index in [1.54, 1.807) is 19.2 Å². The van der Waals surface area contributed by atoms with Crippen LogP contribution < -0.4 is 10.5 Å². The maximum atomic E-state index is 5.70. The quantitative estimate of drug-likeness (QED) is 0.813. The molecule has 2 aromatic rings. The highest BCUT2D eigenvalue weighted by atomic mass is 79.9. The third-order valence-corrected chi connectivity index (χ3v) is 2.24. The van der Waals surface area contributed by atoms with E-state index in [1.807, 2.05) is 0 Å². The molecule has 6 heteroatoms. The standard InChI is InChI=1S/C7H7BrN4O/c1-13-5-3-2-4-10-6(8)7(9)12(4)11-5/h2-3H,9H2,1H3. The van der Waals surface area contributed by atoms with Gasteiger partial charge in [-0.25, -0.2) is 4.98 Å². The summed E-state index contributed by atoms with van der Waals surface area (Å²) in [6.07, 6.45) is 0. The number of anilines is 1. The number of nitrogens with two attached hydrogens (primary N) is 1. The highest BCUT2D eigenvalue weighted by molar-refractivity contribution is 9.10. The molecule has 5 nitrogen and oxygen atoms in total. The second-order valence-corrected chi connectivity index (χ2v) is 3.18. The summed E-state index contributed by atoms with van der Waals surface area (Å²) in [4.78, 5) is 4.12. The lowest BCUT2D eigenvalue weighted by molar-refractivity contribution is 0.390. The summed E-state index contributed by atoms with van der Waals surface area (Å²) in [5.74, 6) is 0.970. The molecule has 0 amide bonds. The van der Waals surface area contributed by atoms with E-state index in [0.717, 1.165) is 0 Å². The average molecular weight is 243 g/mol. The zero-order valence-corrected chi connectivity index (χ0v) is 8.45. The topological polar surface area (TPSA) is 65.4 Å². The van der Waals surface area contributed by atoms with Gasteiger partial charge in [0.25, 0.3) is 0 Å². The fraction of sp³-hybridized carbons (Fsp3) is 0.143. The number of nitrogens with zero attached hydrogens (tertiary/aromatic N) is 3. The molecule has 2 rings (SSSR count). The Bertz CT molecular complexity index is 453. The number of methoxy groups -OCH3 is 1. The molecule has 0 aliphatic carbocycles. The van der Waals surface area contributed by atoms with Crippen molar-refractivity contribution < 1.29 is 4.74 Å². The lowest BCUT2D eigenvalue weighted by atomic mass is 10.5. The van der Waals surface area contributed by atoms with Gasteiger partial charge < -0.3 is 10.5 Å². The van der Waals surface area contributed by atoms with Crippen molar-refractivity contribution in [2.24, 2.45) is 0 Å². The summed E-state index contributed by atoms with van der Waals surface area (Å²) in [5.41, 5.74) is 6.38. The van der Waals surface area contributed by atoms with E-state index in [-0.39, 0.29) is 0 Å². The van der Waals surface area contributed by atoms with Gasteiger partial charge in [0, 0.05) is 6.07 Å². The molecule has 2 aromatic heterocycles. The number of aromatic nitrogens is 3. The molecule has 0 spiro atoms. The Morgan fingerprint density at radius 3 is 3.00 bits per heavy atom. The van der Waals surface area contributed by atoms with Crippen LogP contribution in [0.25, 0.3) is 5.65 Å². The van der Waals surface area contributed by atoms with Crippen LogP contribution in [0, 0.1) is 0 Å². The third-order valence-electron chi connectivity index (χ3n) is 1.65. The number of hydrogen-bond donors (Lipinski definition) is 1. The van der Waals surface area contributed by atoms with Crippen molar-refractivity contribution in [2.45, 2.75) is 0 Å². The van der Waals surface area contributed by atoms with Crippen LogP contribution in [0.4, 0.5) is 5.82 Å². The van der Waals surface area contributed by atoms with E-state index in [9.17, 15) is 0 Å². The Kier molecular flexibility index (Phi) is 1.84. The Balaban J connectivity index is 2.75. The first-order valence-corrected chi connectivity index (χ1v) is 4.36. The van der Waals surface area contributed by atoms with Crippen molar-refractivity contribution >= 4 is 27.4 Å². The van der Waals surface area contributed by atoms with Crippen LogP contribution in [-0.2, 0) is 0 Å². The fourth-order valence-corrected chi connectivity index (χ4v) is 1.37. The first kappa shape index (κ1) is 8.31. The number of imidazole rings is 1. The maximum Gasteiger partial charge on any atom is 0.231 e. The number of rotatable bonds is 1. The van der Waals surface area contributed by atoms with Crippen molar-refractivity contribution in [2.75, 3.05) is 12.8 Å². The minimum Gasteiger partial charge on any atom is -0.480 e. The Morgan fingerprint density at radius 1 is 1.54 bits per heavy atom. The Morgan fingerprint density at radius 2 is 2.31 bits per heavy atom. The van der Waals surface area contributed by atoms with Crippen LogP contribution in [0.15, 0.2) is 16.7 Å². The number of hydrogen-bond acceptors (Lipinski definition) is 4. The molecule has 0 fully saturated rings. The number of halogens is 1. The number of fused-ring (bicyclic) bond motifs is 1. The van der Waals surface area contributed by atoms with Crippen LogP contribution >= 0.6 is 15.9 Å². The second-order valence-electron chi connectivity index (χ2n) is 2.43. The Hall–Kier alpha value is -1.30. The SMILES string of the molecule is COc1ccc2nc(Br)c(N)n2n1. The van der Waals surface area contributed by atoms with Gasteiger partial charge in [0.2, 0.25) is 5.88 Å². The zero-order valence-electron chi connectivity index (χ0n) is 6.86. The molecular formula is C7H7BrN4O. The van der Waals surface area contributed by atoms with Gasteiger partial charge in [-0.1, -0.05) is 0 Å². The number of ether oxygens (including phenoxy) is 1. The molecule has 0 saturated carbocycles. The van der Waals surface area contributed by atoms with Crippen LogP contribution in [-0.4, -0.2) is 21.7 Å². The predicted molar refractivity (Wildman–Crippen MR) is 51.7 cm³/mol. The molecule has 0 saturated heterocycles. The lowest BCUT2D eigenvalue weighted by Gasteiger charge is -1.98. The Labute approximate surface area is 82.6 Å². The fourth-order valence-electron chi connectivity index (χ4n) is 1.02. The van der Waals surface area contributed by atoms with E-state index >= 15 is 0 Å². The summed E-state index contributed by atoms with van der Waals surface area (Å²) >= 11 is 3.22. The highest BCUT2D eigenvalue weighted by Crippen LogP contribution is 2.20. The van der Waals surface area contributed by atoms with Gasteiger partial charge in [0.15, 0.2) is 16.1 Å². The van der Waals surface area contributed by atoms with Gasteiger partial charge >= 0.3 is 0 Å². The average Bonchev–Trinajstić information content (AvgIpc) is 2.43. The smallest absolute Gasteiger partial charge is 0.231 e. The summed E-state index contributed by atoms with van der Waals surface area (Å²) in [6.45, 7) is 0. The molecule has 2 N–H and O–H groups in total. The minimum absolute atomic E-state index is 0.467. The van der Waals surface area contributed by atoms with Crippen LogP contribution in [0.1, 0.15) is 0 Å². The van der Waals surface area contributed by atoms with E-state index < -0.39 is 0 Å². The van der Waals surface area contributed by atoms with Gasteiger partial charge in [0.05, 0.1) is 7.11 Å². The summed E-state index contributed by atoms with van der Waals surface area (Å²) in [7, 11) is 1.55. The first-order chi connectivity index (χ1) is 6.22. The summed E-state index contributed by atoms with van der Waals surface area (Å²) in [6, 6.07) is 3.52. The second kappa shape index (κ2) is 2.88. The third kappa shape index (κ3) is 1.23. The molecule has 0 aliphatic rings. The normalized spacial score (nSPS) is 10.6. The molecule has 0 bridgehead atoms. The van der Waals surface area contributed by atoms with Crippen molar-refractivity contribution in [3.8, 4) is 5.88 Å². The summed E-state index contributed by atoms with van der Waals surface area (Å²) in [5, 5.41) is 4.09. The molecule has 0 unspecified atom stereocenters. The van der Waals surface area contributed by atoms with E-state index in [0.29, 0.717) is 21.9 Å². The van der Waals surface area contributed by atoms with Crippen LogP contribution in [0.3, 0.4) is 0 Å². The predicted octanol–water partition coefficient (Wildman–Crippen LogP) is 1.08. The monoisotopic (exact) mass is 242 g/mol. The molecule has 0 atom stereocenters. The lowest BCUT2D eigenvalue weighted by Crippen LogP contribution is -1.99. The van der Waals surface area contributed by atoms with Gasteiger partial charge in [-0.2, -0.15) is 4.52 Å². The summed E-state index contributed by atoms with van der Waals surface area (Å²) < 4.78 is 7.06. The van der Waals surface area contributed by atoms with Crippen LogP contribution in [0.5, 0.6) is 5.88 Å². The molecule has 0 aromatic carbocycles. The molecule has 0 aliphatic heterocycles. The van der Waals surface area contributed by atoms with Crippen LogP contribution in [0.2, 0.25) is 0 Å². The van der Waals surface area contributed by atoms with E-state index in [1.165, 1.54) is 4.52 Å². The zero-order chi connectivity index (χ0) is 9.42. The number of nitrogen functional groups attached to an aromatic ring is 1. The highest BCUT2D eigenvalue weighted by Gasteiger charge is 2.07.